The van der Waals surface area contributed by atoms with Crippen LogP contribution in [0.4, 0.5) is 0 Å². The van der Waals surface area contributed by atoms with E-state index in [4.69, 9.17) is 14.2 Å². The van der Waals surface area contributed by atoms with E-state index in [1.807, 2.05) is 0 Å². The van der Waals surface area contributed by atoms with E-state index in [0.29, 0.717) is 19.3 Å². The zero-order valence-electron chi connectivity index (χ0n) is 45.0. The van der Waals surface area contributed by atoms with Crippen molar-refractivity contribution in [3.8, 4) is 0 Å². The predicted octanol–water partition coefficient (Wildman–Crippen LogP) is 19.0. The number of ether oxygens (including phenoxy) is 3. The van der Waals surface area contributed by atoms with Gasteiger partial charge in [0, 0.05) is 19.3 Å². The first kappa shape index (κ1) is 65.5. The molecule has 1 atom stereocenters. The molecule has 70 heavy (non-hydrogen) atoms. The van der Waals surface area contributed by atoms with Crippen LogP contribution in [0.25, 0.3) is 0 Å². The molecule has 0 aromatic heterocycles. The molecular weight excluding hydrogens is 865 g/mol. The van der Waals surface area contributed by atoms with Gasteiger partial charge in [0.1, 0.15) is 13.2 Å². The van der Waals surface area contributed by atoms with Gasteiger partial charge in [0.2, 0.25) is 0 Å². The third-order valence-electron chi connectivity index (χ3n) is 11.4. The zero-order chi connectivity index (χ0) is 50.7. The lowest BCUT2D eigenvalue weighted by Crippen LogP contribution is -2.30. The van der Waals surface area contributed by atoms with Gasteiger partial charge in [-0.25, -0.2) is 0 Å². The summed E-state index contributed by atoms with van der Waals surface area (Å²) >= 11 is 0. The Balaban J connectivity index is 4.47. The van der Waals surface area contributed by atoms with Crippen LogP contribution < -0.4 is 0 Å². The average Bonchev–Trinajstić information content (AvgIpc) is 3.36. The van der Waals surface area contributed by atoms with Crippen molar-refractivity contribution in [1.82, 2.24) is 0 Å². The molecule has 6 heteroatoms. The van der Waals surface area contributed by atoms with E-state index in [-0.39, 0.29) is 37.5 Å². The van der Waals surface area contributed by atoms with E-state index in [2.05, 4.69) is 154 Å². The summed E-state index contributed by atoms with van der Waals surface area (Å²) in [5, 5.41) is 0. The Hall–Kier alpha value is -4.45. The van der Waals surface area contributed by atoms with Crippen LogP contribution in [-0.4, -0.2) is 37.2 Å². The smallest absolute Gasteiger partial charge is 0.306 e. The van der Waals surface area contributed by atoms with Crippen LogP contribution in [0.5, 0.6) is 0 Å². The first-order valence-corrected chi connectivity index (χ1v) is 28.2. The molecule has 0 saturated heterocycles. The largest absolute Gasteiger partial charge is 0.462 e. The van der Waals surface area contributed by atoms with Crippen molar-refractivity contribution in [2.24, 2.45) is 0 Å². The molecule has 0 radical (unpaired) electrons. The highest BCUT2D eigenvalue weighted by Crippen LogP contribution is 2.14. The van der Waals surface area contributed by atoms with Crippen LogP contribution in [0.15, 0.2) is 134 Å². The number of carbonyl (C=O) groups is 3. The van der Waals surface area contributed by atoms with E-state index >= 15 is 0 Å². The molecule has 0 aromatic carbocycles. The van der Waals surface area contributed by atoms with Gasteiger partial charge in [0.05, 0.1) is 0 Å². The molecular formula is C64H102O6. The first-order chi connectivity index (χ1) is 34.5. The third-order valence-corrected chi connectivity index (χ3v) is 11.4. The fraction of sp³-hybridized carbons (Fsp3) is 0.609. The highest BCUT2D eigenvalue weighted by molar-refractivity contribution is 5.71. The minimum absolute atomic E-state index is 0.108. The maximum atomic E-state index is 12.8. The fourth-order valence-electron chi connectivity index (χ4n) is 7.24. The summed E-state index contributed by atoms with van der Waals surface area (Å²) in [5.74, 6) is -0.990. The van der Waals surface area contributed by atoms with Crippen molar-refractivity contribution in [2.45, 2.75) is 239 Å². The highest BCUT2D eigenvalue weighted by atomic mass is 16.6. The maximum Gasteiger partial charge on any atom is 0.306 e. The summed E-state index contributed by atoms with van der Waals surface area (Å²) in [6, 6.07) is 0. The molecule has 0 amide bonds. The first-order valence-electron chi connectivity index (χ1n) is 28.2. The highest BCUT2D eigenvalue weighted by Gasteiger charge is 2.19. The standard InChI is InChI=1S/C64H102O6/c1-4-7-10-13-16-19-22-25-27-28-29-30-31-32-33-34-35-36-38-39-42-45-48-51-54-57-63(66)69-60-61(59-68-62(65)56-53-50-47-44-41-24-21-18-15-12-9-6-3)70-64(67)58-55-52-49-46-43-40-37-26-23-20-17-14-11-8-5-2/h7-8,10-11,16-17,19-20,25-27,29-30,32-33,35-37,39,42-43,46,61H,4-6,9,12-15,18,21-24,28,31,34,38,40-41,44-45,47-60H2,1-3H3/b10-7-,11-8-,19-16-,20-17-,27-25-,30-29-,33-32-,36-35-,37-26-,42-39-,46-43-. The Labute approximate surface area is 430 Å². The number of unbranched alkanes of at least 4 members (excludes halogenated alkanes) is 16. The molecule has 394 valence electrons. The number of hydrogen-bond donors (Lipinski definition) is 0. The van der Waals surface area contributed by atoms with Crippen LogP contribution in [0, 0.1) is 0 Å². The summed E-state index contributed by atoms with van der Waals surface area (Å²) < 4.78 is 16.8. The molecule has 0 saturated carbocycles. The van der Waals surface area contributed by atoms with Crippen LogP contribution in [-0.2, 0) is 28.6 Å². The van der Waals surface area contributed by atoms with E-state index in [9.17, 15) is 14.4 Å². The average molecular weight is 968 g/mol. The van der Waals surface area contributed by atoms with E-state index < -0.39 is 6.10 Å². The molecule has 6 nitrogen and oxygen atoms in total. The predicted molar refractivity (Wildman–Crippen MR) is 302 cm³/mol. The summed E-state index contributed by atoms with van der Waals surface area (Å²) in [6.07, 6.45) is 80.2. The molecule has 0 fully saturated rings. The van der Waals surface area contributed by atoms with Crippen LogP contribution in [0.2, 0.25) is 0 Å². The molecule has 0 bridgehead atoms. The quantitative estimate of drug-likeness (QED) is 0.0262. The molecule has 1 unspecified atom stereocenters. The molecule has 0 aromatic rings. The van der Waals surface area contributed by atoms with Gasteiger partial charge >= 0.3 is 17.9 Å². The van der Waals surface area contributed by atoms with Gasteiger partial charge in [0.25, 0.3) is 0 Å². The van der Waals surface area contributed by atoms with Gasteiger partial charge < -0.3 is 14.2 Å². The Morgan fingerprint density at radius 2 is 0.557 bits per heavy atom. The molecule has 0 aliphatic heterocycles. The monoisotopic (exact) mass is 967 g/mol. The van der Waals surface area contributed by atoms with Crippen molar-refractivity contribution in [3.63, 3.8) is 0 Å². The zero-order valence-corrected chi connectivity index (χ0v) is 45.0. The minimum atomic E-state index is -0.817. The SMILES string of the molecule is CC/C=C\C/C=C\C/C=C\C/C=C\C/C=C\C/C=C\C/C=C\CCCCCC(=O)OCC(COC(=O)CCCCCCCCCCCCCC)OC(=O)CCCC/C=C\C/C=C\C/C=C\C/C=C\CC. The van der Waals surface area contributed by atoms with Crippen molar-refractivity contribution in [1.29, 1.82) is 0 Å². The summed E-state index contributed by atoms with van der Waals surface area (Å²) in [7, 11) is 0. The van der Waals surface area contributed by atoms with Gasteiger partial charge in [-0.2, -0.15) is 0 Å². The second-order valence-corrected chi connectivity index (χ2v) is 18.1. The van der Waals surface area contributed by atoms with Gasteiger partial charge in [-0.15, -0.1) is 0 Å². The number of esters is 3. The topological polar surface area (TPSA) is 78.9 Å². The van der Waals surface area contributed by atoms with Gasteiger partial charge in [-0.3, -0.25) is 14.4 Å². The second-order valence-electron chi connectivity index (χ2n) is 18.1. The summed E-state index contributed by atoms with van der Waals surface area (Å²) in [6.45, 7) is 6.33. The lowest BCUT2D eigenvalue weighted by atomic mass is 10.0. The van der Waals surface area contributed by atoms with Crippen LogP contribution in [0.3, 0.4) is 0 Å². The Bertz CT molecular complexity index is 1530. The molecule has 0 heterocycles. The number of rotatable bonds is 49. The van der Waals surface area contributed by atoms with Gasteiger partial charge in [-0.05, 0) is 116 Å². The summed E-state index contributed by atoms with van der Waals surface area (Å²) in [5.41, 5.74) is 0. The molecule has 0 aliphatic rings. The Morgan fingerprint density at radius 1 is 0.300 bits per heavy atom. The number of allylic oxidation sites excluding steroid dienone is 22. The third kappa shape index (κ3) is 54.5. The Morgan fingerprint density at radius 3 is 0.900 bits per heavy atom. The van der Waals surface area contributed by atoms with Crippen molar-refractivity contribution >= 4 is 17.9 Å². The van der Waals surface area contributed by atoms with E-state index in [1.165, 1.54) is 57.8 Å². The van der Waals surface area contributed by atoms with Gasteiger partial charge in [-0.1, -0.05) is 231 Å². The Kier molecular flexibility index (Phi) is 53.5. The van der Waals surface area contributed by atoms with Crippen LogP contribution >= 0.6 is 0 Å². The maximum absolute atomic E-state index is 12.8. The molecule has 0 aliphatic carbocycles. The summed E-state index contributed by atoms with van der Waals surface area (Å²) in [4.78, 5) is 38.1. The van der Waals surface area contributed by atoms with E-state index in [1.54, 1.807) is 0 Å². The lowest BCUT2D eigenvalue weighted by molar-refractivity contribution is -0.167. The van der Waals surface area contributed by atoms with Crippen molar-refractivity contribution < 1.29 is 28.6 Å². The normalized spacial score (nSPS) is 13.1. The van der Waals surface area contributed by atoms with Crippen LogP contribution in [0.1, 0.15) is 233 Å². The molecule has 0 spiro atoms. The van der Waals surface area contributed by atoms with Crippen molar-refractivity contribution in [2.75, 3.05) is 13.2 Å². The van der Waals surface area contributed by atoms with Gasteiger partial charge in [0.15, 0.2) is 6.10 Å². The molecule has 0 N–H and O–H groups in total. The van der Waals surface area contributed by atoms with E-state index in [0.717, 1.165) is 128 Å². The fourth-order valence-corrected chi connectivity index (χ4v) is 7.24. The number of hydrogen-bond acceptors (Lipinski definition) is 6. The van der Waals surface area contributed by atoms with Crippen molar-refractivity contribution in [3.05, 3.63) is 134 Å². The second kappa shape index (κ2) is 57.1. The number of carbonyl (C=O) groups excluding carboxylic acids is 3. The minimum Gasteiger partial charge on any atom is -0.462 e. The molecule has 0 rings (SSSR count). The lowest BCUT2D eigenvalue weighted by Gasteiger charge is -2.18.